The van der Waals surface area contributed by atoms with Crippen LogP contribution in [0.1, 0.15) is 52.0 Å². The monoisotopic (exact) mass is 368 g/mol. The van der Waals surface area contributed by atoms with Gasteiger partial charge in [0.2, 0.25) is 5.91 Å². The Bertz CT molecular complexity index is 836. The van der Waals surface area contributed by atoms with Gasteiger partial charge in [-0.3, -0.25) is 9.59 Å². The van der Waals surface area contributed by atoms with Gasteiger partial charge < -0.3 is 10.2 Å². The van der Waals surface area contributed by atoms with E-state index in [9.17, 15) is 9.59 Å². The van der Waals surface area contributed by atoms with Gasteiger partial charge >= 0.3 is 0 Å². The zero-order valence-electron chi connectivity index (χ0n) is 15.1. The first-order chi connectivity index (χ1) is 12.6. The molecule has 0 unspecified atom stereocenters. The van der Waals surface area contributed by atoms with Crippen molar-refractivity contribution in [2.24, 2.45) is 5.92 Å². The number of fused-ring (bicyclic) bond motifs is 1. The summed E-state index contributed by atoms with van der Waals surface area (Å²) in [6.45, 7) is 3.36. The quantitative estimate of drug-likeness (QED) is 0.874. The molecule has 4 rings (SSSR count). The van der Waals surface area contributed by atoms with Crippen LogP contribution in [0.5, 0.6) is 0 Å². The molecule has 1 aromatic heterocycles. The molecule has 2 aromatic rings. The number of carbonyl (C=O) groups is 2. The molecule has 1 saturated carbocycles. The van der Waals surface area contributed by atoms with Gasteiger partial charge in [-0.15, -0.1) is 11.3 Å². The molecule has 2 aliphatic rings. The van der Waals surface area contributed by atoms with E-state index in [1.165, 1.54) is 10.4 Å². The minimum atomic E-state index is 0.0521. The maximum Gasteiger partial charge on any atom is 0.254 e. The summed E-state index contributed by atoms with van der Waals surface area (Å²) < 4.78 is 0. The summed E-state index contributed by atoms with van der Waals surface area (Å²) in [6, 6.07) is 7.74. The molecular formula is C21H24N2O2S. The minimum absolute atomic E-state index is 0.0521. The van der Waals surface area contributed by atoms with E-state index >= 15 is 0 Å². The van der Waals surface area contributed by atoms with Gasteiger partial charge in [0.15, 0.2) is 0 Å². The summed E-state index contributed by atoms with van der Waals surface area (Å²) in [6.07, 6.45) is 5.14. The molecule has 1 fully saturated rings. The summed E-state index contributed by atoms with van der Waals surface area (Å²) >= 11 is 1.77. The van der Waals surface area contributed by atoms with Crippen molar-refractivity contribution < 1.29 is 9.59 Å². The van der Waals surface area contributed by atoms with Crippen molar-refractivity contribution in [3.63, 3.8) is 0 Å². The second-order valence-corrected chi connectivity index (χ2v) is 8.30. The highest BCUT2D eigenvalue weighted by atomic mass is 32.1. The van der Waals surface area contributed by atoms with Gasteiger partial charge in [-0.25, -0.2) is 0 Å². The standard InChI is InChI=1S/C21H24N2O2S/c1-14-17(21(25)23-11-9-19-16(13-23)10-12-26-19)7-4-8-18(14)22-20(24)15-5-2-3-6-15/h4,7-8,10,12,15H,2-3,5-6,9,11,13H2,1H3,(H,22,24). The lowest BCUT2D eigenvalue weighted by Gasteiger charge is -2.28. The van der Waals surface area contributed by atoms with E-state index in [0.29, 0.717) is 12.1 Å². The zero-order chi connectivity index (χ0) is 18.1. The third-order valence-corrected chi connectivity index (χ3v) is 6.67. The number of carbonyl (C=O) groups excluding carboxylic acids is 2. The van der Waals surface area contributed by atoms with E-state index in [-0.39, 0.29) is 17.7 Å². The van der Waals surface area contributed by atoms with Crippen molar-refractivity contribution in [3.8, 4) is 0 Å². The molecule has 0 atom stereocenters. The molecule has 1 aliphatic carbocycles. The number of hydrogen-bond donors (Lipinski definition) is 1. The Labute approximate surface area is 158 Å². The summed E-state index contributed by atoms with van der Waals surface area (Å²) in [5, 5.41) is 5.15. The number of thiophene rings is 1. The average molecular weight is 369 g/mol. The Hall–Kier alpha value is -2.14. The fraction of sp³-hybridized carbons (Fsp3) is 0.429. The van der Waals surface area contributed by atoms with Crippen LogP contribution in [-0.4, -0.2) is 23.3 Å². The first kappa shape index (κ1) is 17.3. The summed E-state index contributed by atoms with van der Waals surface area (Å²) in [4.78, 5) is 28.8. The first-order valence-corrected chi connectivity index (χ1v) is 10.3. The molecule has 5 heteroatoms. The summed E-state index contributed by atoms with van der Waals surface area (Å²) in [5.74, 6) is 0.264. The number of nitrogens with one attached hydrogen (secondary N) is 1. The van der Waals surface area contributed by atoms with Crippen LogP contribution < -0.4 is 5.32 Å². The molecule has 2 heterocycles. The SMILES string of the molecule is Cc1c(NC(=O)C2CCCC2)cccc1C(=O)N1CCc2sccc2C1. The predicted octanol–water partition coefficient (Wildman–Crippen LogP) is 4.38. The number of nitrogens with zero attached hydrogens (tertiary/aromatic N) is 1. The Balaban J connectivity index is 1.52. The van der Waals surface area contributed by atoms with Crippen LogP contribution in [0.3, 0.4) is 0 Å². The molecule has 2 amide bonds. The van der Waals surface area contributed by atoms with Crippen molar-refractivity contribution in [2.45, 2.75) is 45.6 Å². The van der Waals surface area contributed by atoms with Gasteiger partial charge in [0, 0.05) is 35.1 Å². The van der Waals surface area contributed by atoms with Gasteiger partial charge in [-0.1, -0.05) is 18.9 Å². The number of hydrogen-bond acceptors (Lipinski definition) is 3. The highest BCUT2D eigenvalue weighted by molar-refractivity contribution is 7.10. The fourth-order valence-corrected chi connectivity index (χ4v) is 4.91. The van der Waals surface area contributed by atoms with E-state index in [2.05, 4.69) is 16.8 Å². The van der Waals surface area contributed by atoms with E-state index in [0.717, 1.165) is 49.9 Å². The van der Waals surface area contributed by atoms with Crippen LogP contribution in [0.2, 0.25) is 0 Å². The molecule has 4 nitrogen and oxygen atoms in total. The Morgan fingerprint density at radius 2 is 2.00 bits per heavy atom. The molecule has 0 radical (unpaired) electrons. The minimum Gasteiger partial charge on any atom is -0.334 e. The molecule has 0 saturated heterocycles. The number of benzene rings is 1. The van der Waals surface area contributed by atoms with Gasteiger partial charge in [0.1, 0.15) is 0 Å². The van der Waals surface area contributed by atoms with E-state index < -0.39 is 0 Å². The van der Waals surface area contributed by atoms with Gasteiger partial charge in [-0.2, -0.15) is 0 Å². The van der Waals surface area contributed by atoms with E-state index in [4.69, 9.17) is 0 Å². The third kappa shape index (κ3) is 3.28. The van der Waals surface area contributed by atoms with Crippen molar-refractivity contribution in [1.29, 1.82) is 0 Å². The normalized spacial score (nSPS) is 17.2. The molecule has 1 aliphatic heterocycles. The van der Waals surface area contributed by atoms with Gasteiger partial charge in [0.25, 0.3) is 5.91 Å². The highest BCUT2D eigenvalue weighted by Gasteiger charge is 2.26. The van der Waals surface area contributed by atoms with Crippen molar-refractivity contribution >= 4 is 28.8 Å². The highest BCUT2D eigenvalue weighted by Crippen LogP contribution is 2.29. The average Bonchev–Trinajstić information content (AvgIpc) is 3.34. The molecule has 0 spiro atoms. The van der Waals surface area contributed by atoms with Crippen LogP contribution >= 0.6 is 11.3 Å². The van der Waals surface area contributed by atoms with Crippen LogP contribution in [0.4, 0.5) is 5.69 Å². The van der Waals surface area contributed by atoms with E-state index in [1.807, 2.05) is 30.0 Å². The van der Waals surface area contributed by atoms with Crippen LogP contribution in [-0.2, 0) is 17.8 Å². The van der Waals surface area contributed by atoms with E-state index in [1.54, 1.807) is 11.3 Å². The van der Waals surface area contributed by atoms with Crippen molar-refractivity contribution in [1.82, 2.24) is 4.90 Å². The largest absolute Gasteiger partial charge is 0.334 e. The Morgan fingerprint density at radius 1 is 1.19 bits per heavy atom. The second-order valence-electron chi connectivity index (χ2n) is 7.29. The Kier molecular flexibility index (Phi) is 4.81. The number of amides is 2. The zero-order valence-corrected chi connectivity index (χ0v) is 15.9. The first-order valence-electron chi connectivity index (χ1n) is 9.38. The maximum absolute atomic E-state index is 13.1. The number of rotatable bonds is 3. The van der Waals surface area contributed by atoms with Gasteiger partial charge in [0.05, 0.1) is 0 Å². The van der Waals surface area contributed by atoms with Crippen LogP contribution in [0.15, 0.2) is 29.6 Å². The van der Waals surface area contributed by atoms with Gasteiger partial charge in [-0.05, 0) is 60.9 Å². The predicted molar refractivity (Wildman–Crippen MR) is 105 cm³/mol. The van der Waals surface area contributed by atoms with Crippen molar-refractivity contribution in [2.75, 3.05) is 11.9 Å². The molecule has 1 aromatic carbocycles. The molecule has 136 valence electrons. The number of anilines is 1. The maximum atomic E-state index is 13.1. The fourth-order valence-electron chi connectivity index (χ4n) is 4.02. The third-order valence-electron chi connectivity index (χ3n) is 5.64. The van der Waals surface area contributed by atoms with Crippen LogP contribution in [0.25, 0.3) is 0 Å². The molecule has 1 N–H and O–H groups in total. The molecule has 0 bridgehead atoms. The van der Waals surface area contributed by atoms with Crippen molar-refractivity contribution in [3.05, 3.63) is 51.2 Å². The molecular weight excluding hydrogens is 344 g/mol. The lowest BCUT2D eigenvalue weighted by atomic mass is 10.0. The second kappa shape index (κ2) is 7.23. The summed E-state index contributed by atoms with van der Waals surface area (Å²) in [7, 11) is 0. The lowest BCUT2D eigenvalue weighted by Crippen LogP contribution is -2.35. The van der Waals surface area contributed by atoms with Crippen LogP contribution in [0, 0.1) is 12.8 Å². The lowest BCUT2D eigenvalue weighted by molar-refractivity contribution is -0.119. The summed E-state index contributed by atoms with van der Waals surface area (Å²) in [5.41, 5.74) is 3.58. The smallest absolute Gasteiger partial charge is 0.254 e. The molecule has 26 heavy (non-hydrogen) atoms. The topological polar surface area (TPSA) is 49.4 Å². The Morgan fingerprint density at radius 3 is 2.81 bits per heavy atom.